The van der Waals surface area contributed by atoms with Crippen molar-refractivity contribution in [2.24, 2.45) is 5.92 Å². The number of benzene rings is 1. The van der Waals surface area contributed by atoms with Gasteiger partial charge < -0.3 is 20.3 Å². The lowest BCUT2D eigenvalue weighted by Gasteiger charge is -2.37. The molecule has 1 aromatic rings. The maximum absolute atomic E-state index is 14.2. The Hall–Kier alpha value is -2.57. The van der Waals surface area contributed by atoms with Gasteiger partial charge in [0.2, 0.25) is 11.8 Å². The smallest absolute Gasteiger partial charge is 0.408 e. The summed E-state index contributed by atoms with van der Waals surface area (Å²) in [6.45, 7) is 15.8. The van der Waals surface area contributed by atoms with Gasteiger partial charge in [-0.3, -0.25) is 9.59 Å². The second kappa shape index (κ2) is 13.8. The highest BCUT2D eigenvalue weighted by atomic mass is 16.6. The number of hydrogen-bond donors (Lipinski definition) is 2. The molecule has 2 rings (SSSR count). The molecule has 0 aliphatic heterocycles. The lowest BCUT2D eigenvalue weighted by atomic mass is 9.93. The van der Waals surface area contributed by atoms with E-state index in [9.17, 15) is 14.4 Å². The van der Waals surface area contributed by atoms with Gasteiger partial charge in [-0.1, -0.05) is 64.7 Å². The third kappa shape index (κ3) is 9.04. The fraction of sp³-hybridized carbons (Fsp3) is 0.700. The van der Waals surface area contributed by atoms with Crippen molar-refractivity contribution in [2.75, 3.05) is 6.54 Å². The van der Waals surface area contributed by atoms with Gasteiger partial charge in [-0.25, -0.2) is 4.79 Å². The van der Waals surface area contributed by atoms with Gasteiger partial charge in [-0.05, 0) is 76.5 Å². The number of amides is 3. The summed E-state index contributed by atoms with van der Waals surface area (Å²) in [5.41, 5.74) is 2.31. The molecule has 208 valence electrons. The van der Waals surface area contributed by atoms with Gasteiger partial charge in [0, 0.05) is 12.6 Å². The second-order valence-electron chi connectivity index (χ2n) is 11.6. The van der Waals surface area contributed by atoms with Gasteiger partial charge in [-0.2, -0.15) is 0 Å². The van der Waals surface area contributed by atoms with Crippen LogP contribution in [0.4, 0.5) is 4.79 Å². The Morgan fingerprint density at radius 1 is 1.05 bits per heavy atom. The van der Waals surface area contributed by atoms with Crippen molar-refractivity contribution in [3.63, 3.8) is 0 Å². The molecular formula is C30H49N3O4. The lowest BCUT2D eigenvalue weighted by molar-refractivity contribution is -0.143. The van der Waals surface area contributed by atoms with Crippen LogP contribution in [0.3, 0.4) is 0 Å². The predicted octanol–water partition coefficient (Wildman–Crippen LogP) is 5.97. The molecule has 1 aliphatic rings. The molecule has 7 heteroatoms. The second-order valence-corrected chi connectivity index (χ2v) is 11.6. The number of carbonyl (C=O) groups excluding carboxylic acids is 3. The molecule has 1 fully saturated rings. The predicted molar refractivity (Wildman–Crippen MR) is 148 cm³/mol. The first-order valence-electron chi connectivity index (χ1n) is 14.0. The number of aryl methyl sites for hydroxylation is 2. The first-order valence-corrected chi connectivity index (χ1v) is 14.0. The average molecular weight is 516 g/mol. The van der Waals surface area contributed by atoms with E-state index in [2.05, 4.69) is 10.6 Å². The normalized spacial score (nSPS) is 16.9. The van der Waals surface area contributed by atoms with Crippen molar-refractivity contribution in [2.45, 2.75) is 124 Å². The van der Waals surface area contributed by atoms with E-state index in [4.69, 9.17) is 4.74 Å². The lowest BCUT2D eigenvalue weighted by Crippen LogP contribution is -2.56. The van der Waals surface area contributed by atoms with Crippen LogP contribution in [0.25, 0.3) is 0 Å². The molecule has 7 nitrogen and oxygen atoms in total. The van der Waals surface area contributed by atoms with Crippen molar-refractivity contribution in [3.05, 3.63) is 34.9 Å². The minimum atomic E-state index is -0.803. The fourth-order valence-corrected chi connectivity index (χ4v) is 4.84. The summed E-state index contributed by atoms with van der Waals surface area (Å²) in [5.74, 6) is -0.553. The first kappa shape index (κ1) is 30.7. The van der Waals surface area contributed by atoms with E-state index in [0.29, 0.717) is 19.4 Å². The Balaban J connectivity index is 2.47. The summed E-state index contributed by atoms with van der Waals surface area (Å²) in [5, 5.41) is 6.08. The van der Waals surface area contributed by atoms with E-state index >= 15 is 0 Å². The maximum Gasteiger partial charge on any atom is 0.408 e. The van der Waals surface area contributed by atoms with E-state index in [-0.39, 0.29) is 23.8 Å². The summed E-state index contributed by atoms with van der Waals surface area (Å²) in [4.78, 5) is 42.4. The van der Waals surface area contributed by atoms with Crippen LogP contribution >= 0.6 is 0 Å². The van der Waals surface area contributed by atoms with Crippen LogP contribution in [0, 0.1) is 19.8 Å². The van der Waals surface area contributed by atoms with Crippen LogP contribution < -0.4 is 10.6 Å². The molecule has 1 saturated carbocycles. The Kier molecular flexibility index (Phi) is 11.5. The minimum Gasteiger partial charge on any atom is -0.444 e. The number of carbonyl (C=O) groups is 3. The molecule has 0 spiro atoms. The molecule has 3 amide bonds. The SMILES string of the molecule is CCCN(C(=O)C(NC(=O)OC(C)(C)C)C(C)CC)C(C(=O)NC1CCCCC1)c1ccc(C)c(C)c1. The Bertz CT molecular complexity index is 918. The van der Waals surface area contributed by atoms with Crippen molar-refractivity contribution in [1.82, 2.24) is 15.5 Å². The fourth-order valence-electron chi connectivity index (χ4n) is 4.84. The zero-order chi connectivity index (χ0) is 27.8. The van der Waals surface area contributed by atoms with Crippen LogP contribution in [0.2, 0.25) is 0 Å². The highest BCUT2D eigenvalue weighted by Crippen LogP contribution is 2.28. The van der Waals surface area contributed by atoms with Gasteiger partial charge in [0.15, 0.2) is 0 Å². The quantitative estimate of drug-likeness (QED) is 0.402. The highest BCUT2D eigenvalue weighted by molar-refractivity contribution is 5.92. The molecule has 2 N–H and O–H groups in total. The van der Waals surface area contributed by atoms with Gasteiger partial charge >= 0.3 is 6.09 Å². The molecule has 0 saturated heterocycles. The number of alkyl carbamates (subject to hydrolysis) is 1. The summed E-state index contributed by atoms with van der Waals surface area (Å²) in [6, 6.07) is 4.51. The van der Waals surface area contributed by atoms with Gasteiger partial charge in [0.25, 0.3) is 0 Å². The van der Waals surface area contributed by atoms with Crippen LogP contribution in [0.1, 0.15) is 109 Å². The number of hydrogen-bond acceptors (Lipinski definition) is 4. The van der Waals surface area contributed by atoms with Crippen LogP contribution in [0.5, 0.6) is 0 Å². The Labute approximate surface area is 224 Å². The number of nitrogens with one attached hydrogen (secondary N) is 2. The van der Waals surface area contributed by atoms with Crippen molar-refractivity contribution < 1.29 is 19.1 Å². The molecule has 0 radical (unpaired) electrons. The zero-order valence-corrected chi connectivity index (χ0v) is 24.3. The van der Waals surface area contributed by atoms with E-state index in [1.165, 1.54) is 6.42 Å². The molecule has 3 unspecified atom stereocenters. The molecule has 0 bridgehead atoms. The number of ether oxygens (including phenoxy) is 1. The number of rotatable bonds is 10. The van der Waals surface area contributed by atoms with Crippen LogP contribution in [0.15, 0.2) is 18.2 Å². The topological polar surface area (TPSA) is 87.7 Å². The van der Waals surface area contributed by atoms with E-state index in [1.54, 1.807) is 25.7 Å². The summed E-state index contributed by atoms with van der Waals surface area (Å²) >= 11 is 0. The van der Waals surface area contributed by atoms with Crippen molar-refractivity contribution in [3.8, 4) is 0 Å². The first-order chi connectivity index (χ1) is 17.4. The summed E-state index contributed by atoms with van der Waals surface area (Å²) < 4.78 is 5.47. The molecule has 37 heavy (non-hydrogen) atoms. The number of nitrogens with zero attached hydrogens (tertiary/aromatic N) is 1. The van der Waals surface area contributed by atoms with Gasteiger partial charge in [0.05, 0.1) is 0 Å². The standard InChI is InChI=1S/C30H49N3O4/c1-9-18-33(28(35)25(20(3)10-2)32-29(36)37-30(6,7)8)26(23-17-16-21(4)22(5)19-23)27(34)31-24-14-12-11-13-15-24/h16-17,19-20,24-26H,9-15,18H2,1-8H3,(H,31,34)(H,32,36). The molecule has 0 heterocycles. The van der Waals surface area contributed by atoms with E-state index in [1.807, 2.05) is 52.8 Å². The molecule has 0 aromatic heterocycles. The van der Waals surface area contributed by atoms with Crippen LogP contribution in [-0.2, 0) is 14.3 Å². The molecule has 1 aliphatic carbocycles. The summed E-state index contributed by atoms with van der Waals surface area (Å²) in [7, 11) is 0. The van der Waals surface area contributed by atoms with Crippen LogP contribution in [-0.4, -0.2) is 47.0 Å². The monoisotopic (exact) mass is 515 g/mol. The van der Waals surface area contributed by atoms with Crippen molar-refractivity contribution in [1.29, 1.82) is 0 Å². The zero-order valence-electron chi connectivity index (χ0n) is 24.3. The third-order valence-electron chi connectivity index (χ3n) is 7.26. The molecular weight excluding hydrogens is 466 g/mol. The Morgan fingerprint density at radius 2 is 1.70 bits per heavy atom. The molecule has 3 atom stereocenters. The summed E-state index contributed by atoms with van der Waals surface area (Å²) in [6.07, 6.45) is 6.07. The van der Waals surface area contributed by atoms with Gasteiger partial charge in [-0.15, -0.1) is 0 Å². The van der Waals surface area contributed by atoms with Crippen molar-refractivity contribution >= 4 is 17.9 Å². The van der Waals surface area contributed by atoms with Gasteiger partial charge in [0.1, 0.15) is 17.7 Å². The average Bonchev–Trinajstić information content (AvgIpc) is 2.83. The molecule has 1 aromatic carbocycles. The maximum atomic E-state index is 14.2. The van der Waals surface area contributed by atoms with E-state index in [0.717, 1.165) is 42.4 Å². The largest absolute Gasteiger partial charge is 0.444 e. The third-order valence-corrected chi connectivity index (χ3v) is 7.26. The Morgan fingerprint density at radius 3 is 2.24 bits per heavy atom. The minimum absolute atomic E-state index is 0.124. The van der Waals surface area contributed by atoms with E-state index < -0.39 is 23.8 Å². The highest BCUT2D eigenvalue weighted by Gasteiger charge is 2.38.